The number of nitrogens with zero attached hydrogens (tertiary/aromatic N) is 1. The minimum atomic E-state index is -3.25. The zero-order chi connectivity index (χ0) is 12.8. The molecule has 0 spiro atoms. The van der Waals surface area contributed by atoms with Crippen LogP contribution in [0.4, 0.5) is 0 Å². The summed E-state index contributed by atoms with van der Waals surface area (Å²) < 4.78 is 26.4. The quantitative estimate of drug-likeness (QED) is 0.867. The minimum absolute atomic E-state index is 0.102. The van der Waals surface area contributed by atoms with Gasteiger partial charge in [0.25, 0.3) is 0 Å². The lowest BCUT2D eigenvalue weighted by Gasteiger charge is -2.14. The van der Waals surface area contributed by atoms with Gasteiger partial charge in [0.15, 0.2) is 0 Å². The number of rotatable bonds is 5. The molecule has 2 rings (SSSR count). The average Bonchev–Trinajstić information content (AvgIpc) is 2.38. The lowest BCUT2D eigenvalue weighted by Crippen LogP contribution is -2.38. The van der Waals surface area contributed by atoms with Crippen molar-refractivity contribution >= 4 is 16.2 Å². The van der Waals surface area contributed by atoms with Crippen molar-refractivity contribution in [2.24, 2.45) is 4.99 Å². The van der Waals surface area contributed by atoms with E-state index >= 15 is 0 Å². The second-order valence-corrected chi connectivity index (χ2v) is 6.05. The summed E-state index contributed by atoms with van der Waals surface area (Å²) in [5.41, 5.74) is 1.03. The van der Waals surface area contributed by atoms with Gasteiger partial charge in [0, 0.05) is 6.21 Å². The Balaban J connectivity index is 1.88. The van der Waals surface area contributed by atoms with Gasteiger partial charge in [0.1, 0.15) is 0 Å². The predicted molar refractivity (Wildman–Crippen MR) is 73.4 cm³/mol. The third-order valence-electron chi connectivity index (χ3n) is 2.67. The Kier molecular flexibility index (Phi) is 4.28. The number of dihydropyridines is 1. The number of allylic oxidation sites excluding steroid dienone is 1. The monoisotopic (exact) mass is 264 g/mol. The van der Waals surface area contributed by atoms with Crippen molar-refractivity contribution in [1.82, 2.24) is 4.72 Å². The van der Waals surface area contributed by atoms with E-state index in [0.29, 0.717) is 13.0 Å². The molecule has 1 heterocycles. The number of nitrogens with one attached hydrogen (secondary N) is 1. The number of aryl methyl sites for hydroxylation is 1. The molecule has 96 valence electrons. The summed E-state index contributed by atoms with van der Waals surface area (Å²) in [5.74, 6) is 0.102. The number of hydrogen-bond donors (Lipinski definition) is 1. The van der Waals surface area contributed by atoms with Gasteiger partial charge in [-0.25, -0.2) is 13.1 Å². The fourth-order valence-corrected chi connectivity index (χ4v) is 2.98. The van der Waals surface area contributed by atoms with Gasteiger partial charge < -0.3 is 0 Å². The highest BCUT2D eigenvalue weighted by molar-refractivity contribution is 7.89. The van der Waals surface area contributed by atoms with Gasteiger partial charge >= 0.3 is 0 Å². The SMILES string of the molecule is O=S(=O)(CCc1ccccc1)NC1C=CC=NC1. The van der Waals surface area contributed by atoms with Crippen LogP contribution in [0.5, 0.6) is 0 Å². The summed E-state index contributed by atoms with van der Waals surface area (Å²) >= 11 is 0. The van der Waals surface area contributed by atoms with Crippen LogP contribution in [0.2, 0.25) is 0 Å². The fraction of sp³-hybridized carbons (Fsp3) is 0.308. The van der Waals surface area contributed by atoms with Crippen molar-refractivity contribution in [3.05, 3.63) is 48.0 Å². The van der Waals surface area contributed by atoms with E-state index in [1.165, 1.54) is 0 Å². The fourth-order valence-electron chi connectivity index (χ4n) is 1.74. The molecule has 0 bridgehead atoms. The van der Waals surface area contributed by atoms with E-state index in [1.807, 2.05) is 36.4 Å². The van der Waals surface area contributed by atoms with Crippen LogP contribution in [0, 0.1) is 0 Å². The van der Waals surface area contributed by atoms with Gasteiger partial charge in [-0.15, -0.1) is 0 Å². The van der Waals surface area contributed by atoms with Crippen LogP contribution in [-0.4, -0.2) is 33.0 Å². The average molecular weight is 264 g/mol. The Labute approximate surface area is 107 Å². The van der Waals surface area contributed by atoms with Crippen LogP contribution in [0.3, 0.4) is 0 Å². The largest absolute Gasteiger partial charge is 0.291 e. The molecular formula is C13H16N2O2S. The Bertz CT molecular complexity index is 535. The summed E-state index contributed by atoms with van der Waals surface area (Å²) in [7, 11) is -3.25. The summed E-state index contributed by atoms with van der Waals surface area (Å²) in [6.45, 7) is 0.473. The van der Waals surface area contributed by atoms with Crippen molar-refractivity contribution in [2.45, 2.75) is 12.5 Å². The maximum atomic E-state index is 11.9. The molecule has 1 aromatic carbocycles. The predicted octanol–water partition coefficient (Wildman–Crippen LogP) is 1.16. The summed E-state index contributed by atoms with van der Waals surface area (Å²) in [4.78, 5) is 4.02. The van der Waals surface area contributed by atoms with E-state index in [9.17, 15) is 8.42 Å². The van der Waals surface area contributed by atoms with E-state index in [2.05, 4.69) is 9.71 Å². The number of aliphatic imine (C=N–C) groups is 1. The minimum Gasteiger partial charge on any atom is -0.291 e. The molecule has 0 aromatic heterocycles. The van der Waals surface area contributed by atoms with Crippen molar-refractivity contribution in [1.29, 1.82) is 0 Å². The molecular weight excluding hydrogens is 248 g/mol. The third-order valence-corrected chi connectivity index (χ3v) is 4.07. The topological polar surface area (TPSA) is 58.5 Å². The highest BCUT2D eigenvalue weighted by Crippen LogP contribution is 2.03. The molecule has 1 N–H and O–H groups in total. The van der Waals surface area contributed by atoms with Gasteiger partial charge in [0.2, 0.25) is 10.0 Å². The Morgan fingerprint density at radius 1 is 1.28 bits per heavy atom. The molecule has 0 radical (unpaired) electrons. The number of benzene rings is 1. The first-order valence-corrected chi connectivity index (χ1v) is 7.51. The first-order chi connectivity index (χ1) is 8.66. The van der Waals surface area contributed by atoms with Gasteiger partial charge in [-0.2, -0.15) is 0 Å². The molecule has 1 aromatic rings. The van der Waals surface area contributed by atoms with Crippen LogP contribution in [-0.2, 0) is 16.4 Å². The van der Waals surface area contributed by atoms with Crippen LogP contribution < -0.4 is 4.72 Å². The van der Waals surface area contributed by atoms with Crippen LogP contribution >= 0.6 is 0 Å². The molecule has 0 saturated carbocycles. The van der Waals surface area contributed by atoms with Crippen molar-refractivity contribution < 1.29 is 8.42 Å². The molecule has 5 heteroatoms. The van der Waals surface area contributed by atoms with E-state index < -0.39 is 10.0 Å². The van der Waals surface area contributed by atoms with Gasteiger partial charge in [-0.1, -0.05) is 36.4 Å². The van der Waals surface area contributed by atoms with Crippen molar-refractivity contribution in [3.63, 3.8) is 0 Å². The summed E-state index contributed by atoms with van der Waals surface area (Å²) in [6.07, 6.45) is 5.77. The van der Waals surface area contributed by atoms with Gasteiger partial charge in [-0.3, -0.25) is 4.99 Å². The second-order valence-electron chi connectivity index (χ2n) is 4.18. The third kappa shape index (κ3) is 4.09. The van der Waals surface area contributed by atoms with Crippen molar-refractivity contribution in [3.8, 4) is 0 Å². The molecule has 0 amide bonds. The molecule has 18 heavy (non-hydrogen) atoms. The Morgan fingerprint density at radius 3 is 2.72 bits per heavy atom. The zero-order valence-electron chi connectivity index (χ0n) is 9.99. The first kappa shape index (κ1) is 13.0. The van der Waals surface area contributed by atoms with E-state index in [1.54, 1.807) is 12.3 Å². The van der Waals surface area contributed by atoms with E-state index in [4.69, 9.17) is 0 Å². The van der Waals surface area contributed by atoms with Gasteiger partial charge in [-0.05, 0) is 18.1 Å². The zero-order valence-corrected chi connectivity index (χ0v) is 10.8. The van der Waals surface area contributed by atoms with Crippen LogP contribution in [0.15, 0.2) is 47.5 Å². The number of hydrogen-bond acceptors (Lipinski definition) is 3. The summed E-state index contributed by atoms with van der Waals surface area (Å²) in [6, 6.07) is 9.39. The molecule has 1 aliphatic rings. The molecule has 0 saturated heterocycles. The second kappa shape index (κ2) is 5.93. The van der Waals surface area contributed by atoms with E-state index in [-0.39, 0.29) is 11.8 Å². The lowest BCUT2D eigenvalue weighted by molar-refractivity contribution is 0.571. The van der Waals surface area contributed by atoms with Crippen LogP contribution in [0.25, 0.3) is 0 Å². The standard InChI is InChI=1S/C13H16N2O2S/c16-18(17,15-13-7-4-9-14-11-13)10-8-12-5-2-1-3-6-12/h1-7,9,13,15H,8,10-11H2. The molecule has 1 aliphatic heterocycles. The molecule has 1 atom stereocenters. The van der Waals surface area contributed by atoms with Crippen molar-refractivity contribution in [2.75, 3.05) is 12.3 Å². The highest BCUT2D eigenvalue weighted by Gasteiger charge is 2.16. The maximum absolute atomic E-state index is 11.9. The molecule has 0 aliphatic carbocycles. The Morgan fingerprint density at radius 2 is 2.06 bits per heavy atom. The molecule has 0 fully saturated rings. The molecule has 4 nitrogen and oxygen atoms in total. The lowest BCUT2D eigenvalue weighted by atomic mass is 10.2. The van der Waals surface area contributed by atoms with Gasteiger partial charge in [0.05, 0.1) is 18.3 Å². The molecule has 1 unspecified atom stereocenters. The highest BCUT2D eigenvalue weighted by atomic mass is 32.2. The van der Waals surface area contributed by atoms with Crippen LogP contribution in [0.1, 0.15) is 5.56 Å². The normalized spacial score (nSPS) is 19.0. The Hall–Kier alpha value is -1.46. The number of sulfonamides is 1. The van der Waals surface area contributed by atoms with E-state index in [0.717, 1.165) is 5.56 Å². The summed E-state index contributed by atoms with van der Waals surface area (Å²) in [5, 5.41) is 0. The maximum Gasteiger partial charge on any atom is 0.212 e. The first-order valence-electron chi connectivity index (χ1n) is 5.86. The smallest absolute Gasteiger partial charge is 0.212 e.